The first-order chi connectivity index (χ1) is 6.29. The monoisotopic (exact) mass is 191 g/mol. The van der Waals surface area contributed by atoms with Crippen molar-refractivity contribution >= 4 is 21.8 Å². The number of hydrogen-bond donors (Lipinski definition) is 1. The highest BCUT2D eigenvalue weighted by Crippen LogP contribution is 2.19. The molecule has 0 saturated heterocycles. The number of benzene rings is 2. The first kappa shape index (κ1) is 8.41. The molecule has 0 heterocycles. The molecule has 0 fully saturated rings. The van der Waals surface area contributed by atoms with E-state index in [0.717, 1.165) is 10.8 Å². The molecule has 0 spiro atoms. The second kappa shape index (κ2) is 3.28. The van der Waals surface area contributed by atoms with E-state index in [9.17, 15) is 4.21 Å². The standard InChI is InChI=1S/C10H9NOS/c11-13(12)10-7-3-5-8-4-1-2-6-9(8)10/h1-7H,11H2. The predicted octanol–water partition coefficient (Wildman–Crippen LogP) is 1.82. The Hall–Kier alpha value is -1.19. The minimum atomic E-state index is -1.40. The van der Waals surface area contributed by atoms with Gasteiger partial charge in [-0.25, -0.2) is 9.35 Å². The van der Waals surface area contributed by atoms with E-state index in [-0.39, 0.29) is 0 Å². The molecule has 2 aromatic rings. The van der Waals surface area contributed by atoms with Gasteiger partial charge in [0.2, 0.25) is 0 Å². The van der Waals surface area contributed by atoms with Crippen LogP contribution in [0.1, 0.15) is 0 Å². The van der Waals surface area contributed by atoms with Crippen molar-refractivity contribution < 1.29 is 4.21 Å². The molecular formula is C10H9NOS. The van der Waals surface area contributed by atoms with Crippen molar-refractivity contribution in [3.05, 3.63) is 42.5 Å². The molecule has 0 bridgehead atoms. The number of nitrogens with two attached hydrogens (primary N) is 1. The highest BCUT2D eigenvalue weighted by molar-refractivity contribution is 7.83. The van der Waals surface area contributed by atoms with E-state index in [1.54, 1.807) is 6.07 Å². The average Bonchev–Trinajstić information content (AvgIpc) is 2.17. The lowest BCUT2D eigenvalue weighted by Gasteiger charge is -2.01. The second-order valence-corrected chi connectivity index (χ2v) is 3.81. The number of hydrogen-bond acceptors (Lipinski definition) is 1. The largest absolute Gasteiger partial charge is 0.248 e. The lowest BCUT2D eigenvalue weighted by Crippen LogP contribution is -2.02. The van der Waals surface area contributed by atoms with Gasteiger partial charge >= 0.3 is 0 Å². The zero-order valence-corrected chi connectivity index (χ0v) is 7.75. The van der Waals surface area contributed by atoms with Crippen LogP contribution in [0, 0.1) is 0 Å². The maximum absolute atomic E-state index is 11.1. The van der Waals surface area contributed by atoms with E-state index >= 15 is 0 Å². The summed E-state index contributed by atoms with van der Waals surface area (Å²) in [5.74, 6) is 0. The Bertz CT molecular complexity index is 462. The maximum atomic E-state index is 11.1. The fourth-order valence-electron chi connectivity index (χ4n) is 1.37. The summed E-state index contributed by atoms with van der Waals surface area (Å²) >= 11 is 0. The van der Waals surface area contributed by atoms with Crippen molar-refractivity contribution in [3.8, 4) is 0 Å². The predicted molar refractivity (Wildman–Crippen MR) is 54.5 cm³/mol. The highest BCUT2D eigenvalue weighted by Gasteiger charge is 2.02. The Morgan fingerprint density at radius 2 is 1.69 bits per heavy atom. The minimum absolute atomic E-state index is 0.693. The summed E-state index contributed by atoms with van der Waals surface area (Å²) in [7, 11) is -1.40. The molecule has 2 N–H and O–H groups in total. The zero-order valence-electron chi connectivity index (χ0n) is 6.94. The molecule has 1 atom stereocenters. The van der Waals surface area contributed by atoms with E-state index in [0.29, 0.717) is 4.90 Å². The zero-order chi connectivity index (χ0) is 9.26. The van der Waals surface area contributed by atoms with E-state index < -0.39 is 11.0 Å². The Balaban J connectivity index is 2.83. The normalized spacial score (nSPS) is 13.0. The molecule has 0 aliphatic rings. The smallest absolute Gasteiger partial charge is 0.122 e. The maximum Gasteiger partial charge on any atom is 0.122 e. The Morgan fingerprint density at radius 3 is 2.46 bits per heavy atom. The van der Waals surface area contributed by atoms with Crippen LogP contribution >= 0.6 is 0 Å². The summed E-state index contributed by atoms with van der Waals surface area (Å²) in [4.78, 5) is 0.693. The SMILES string of the molecule is NS(=O)c1cccc2ccccc12. The van der Waals surface area contributed by atoms with Gasteiger partial charge in [0.1, 0.15) is 11.0 Å². The first-order valence-corrected chi connectivity index (χ1v) is 5.14. The lowest BCUT2D eigenvalue weighted by molar-refractivity contribution is 0.685. The summed E-state index contributed by atoms with van der Waals surface area (Å²) in [6.07, 6.45) is 0. The van der Waals surface area contributed by atoms with E-state index in [2.05, 4.69) is 0 Å². The molecule has 2 nitrogen and oxygen atoms in total. The van der Waals surface area contributed by atoms with Crippen LogP contribution in [0.2, 0.25) is 0 Å². The van der Waals surface area contributed by atoms with E-state index in [1.807, 2.05) is 36.4 Å². The van der Waals surface area contributed by atoms with Gasteiger partial charge in [0.05, 0.1) is 4.90 Å². The van der Waals surface area contributed by atoms with Gasteiger partial charge in [-0.2, -0.15) is 0 Å². The lowest BCUT2D eigenvalue weighted by atomic mass is 10.1. The molecule has 0 radical (unpaired) electrons. The van der Waals surface area contributed by atoms with Gasteiger partial charge < -0.3 is 0 Å². The number of fused-ring (bicyclic) bond motifs is 1. The van der Waals surface area contributed by atoms with Gasteiger partial charge in [-0.3, -0.25) is 0 Å². The van der Waals surface area contributed by atoms with Crippen molar-refractivity contribution in [3.63, 3.8) is 0 Å². The second-order valence-electron chi connectivity index (χ2n) is 2.77. The van der Waals surface area contributed by atoms with E-state index in [4.69, 9.17) is 5.14 Å². The van der Waals surface area contributed by atoms with Crippen LogP contribution in [0.3, 0.4) is 0 Å². The van der Waals surface area contributed by atoms with Crippen LogP contribution in [0.4, 0.5) is 0 Å². The molecule has 13 heavy (non-hydrogen) atoms. The highest BCUT2D eigenvalue weighted by atomic mass is 32.2. The van der Waals surface area contributed by atoms with Crippen LogP contribution in [-0.4, -0.2) is 4.21 Å². The van der Waals surface area contributed by atoms with Gasteiger partial charge in [-0.1, -0.05) is 36.4 Å². The van der Waals surface area contributed by atoms with Crippen LogP contribution in [0.15, 0.2) is 47.4 Å². The number of rotatable bonds is 1. The average molecular weight is 191 g/mol. The molecule has 3 heteroatoms. The Kier molecular flexibility index (Phi) is 2.12. The fraction of sp³-hybridized carbons (Fsp3) is 0. The third kappa shape index (κ3) is 1.48. The molecule has 0 saturated carbocycles. The molecule has 2 rings (SSSR count). The molecule has 0 aromatic heterocycles. The third-order valence-corrected chi connectivity index (χ3v) is 2.76. The summed E-state index contributed by atoms with van der Waals surface area (Å²) in [6.45, 7) is 0. The van der Waals surface area contributed by atoms with Crippen molar-refractivity contribution in [1.82, 2.24) is 0 Å². The van der Waals surface area contributed by atoms with Crippen LogP contribution in [-0.2, 0) is 11.0 Å². The van der Waals surface area contributed by atoms with Crippen LogP contribution in [0.25, 0.3) is 10.8 Å². The molecule has 2 aromatic carbocycles. The minimum Gasteiger partial charge on any atom is -0.248 e. The third-order valence-electron chi connectivity index (χ3n) is 1.97. The van der Waals surface area contributed by atoms with Gasteiger partial charge in [-0.05, 0) is 16.8 Å². The van der Waals surface area contributed by atoms with Gasteiger partial charge in [-0.15, -0.1) is 0 Å². The van der Waals surface area contributed by atoms with Crippen molar-refractivity contribution in [2.24, 2.45) is 5.14 Å². The van der Waals surface area contributed by atoms with Gasteiger partial charge in [0, 0.05) is 0 Å². The quantitative estimate of drug-likeness (QED) is 0.734. The Labute approximate surface area is 79.0 Å². The molecule has 1 unspecified atom stereocenters. The molecular weight excluding hydrogens is 182 g/mol. The van der Waals surface area contributed by atoms with Crippen molar-refractivity contribution in [2.75, 3.05) is 0 Å². The van der Waals surface area contributed by atoms with Crippen molar-refractivity contribution in [1.29, 1.82) is 0 Å². The fourth-order valence-corrected chi connectivity index (χ4v) is 1.99. The van der Waals surface area contributed by atoms with E-state index in [1.165, 1.54) is 0 Å². The summed E-state index contributed by atoms with van der Waals surface area (Å²) in [5.41, 5.74) is 0. The molecule has 0 aliphatic heterocycles. The van der Waals surface area contributed by atoms with Crippen LogP contribution < -0.4 is 5.14 Å². The molecule has 66 valence electrons. The molecule has 0 amide bonds. The summed E-state index contributed by atoms with van der Waals surface area (Å²) < 4.78 is 11.1. The molecule has 0 aliphatic carbocycles. The summed E-state index contributed by atoms with van der Waals surface area (Å²) in [5, 5.41) is 7.38. The van der Waals surface area contributed by atoms with Gasteiger partial charge in [0.25, 0.3) is 0 Å². The first-order valence-electron chi connectivity index (χ1n) is 3.93. The van der Waals surface area contributed by atoms with Crippen molar-refractivity contribution in [2.45, 2.75) is 4.90 Å². The topological polar surface area (TPSA) is 43.1 Å². The Morgan fingerprint density at radius 1 is 1.00 bits per heavy atom. The summed E-state index contributed by atoms with van der Waals surface area (Å²) in [6, 6.07) is 13.4. The van der Waals surface area contributed by atoms with Crippen LogP contribution in [0.5, 0.6) is 0 Å². The van der Waals surface area contributed by atoms with Gasteiger partial charge in [0.15, 0.2) is 0 Å².